The van der Waals surface area contributed by atoms with Gasteiger partial charge in [0.25, 0.3) is 0 Å². The third-order valence-electron chi connectivity index (χ3n) is 2.29. The lowest BCUT2D eigenvalue weighted by atomic mass is 9.89. The summed E-state index contributed by atoms with van der Waals surface area (Å²) in [5, 5.41) is 7.42. The van der Waals surface area contributed by atoms with Gasteiger partial charge in [0, 0.05) is 5.92 Å². The number of hydrogen-bond donors (Lipinski definition) is 0. The zero-order valence-electron chi connectivity index (χ0n) is 6.42. The van der Waals surface area contributed by atoms with Gasteiger partial charge in [-0.2, -0.15) is 0 Å². The van der Waals surface area contributed by atoms with Crippen LogP contribution in [0.5, 0.6) is 0 Å². The topological polar surface area (TPSA) is 38.9 Å². The van der Waals surface area contributed by atoms with Crippen molar-refractivity contribution in [3.63, 3.8) is 0 Å². The summed E-state index contributed by atoms with van der Waals surface area (Å²) in [5.74, 6) is 1.30. The summed E-state index contributed by atoms with van der Waals surface area (Å²) in [4.78, 5) is 0. The molecule has 0 unspecified atom stereocenters. The predicted molar refractivity (Wildman–Crippen MR) is 39.0 cm³/mol. The van der Waals surface area contributed by atoms with E-state index < -0.39 is 0 Å². The summed E-state index contributed by atoms with van der Waals surface area (Å²) in [6.07, 6.45) is 8.75. The van der Waals surface area contributed by atoms with E-state index in [1.54, 1.807) is 0 Å². The molecule has 1 saturated carbocycles. The van der Waals surface area contributed by atoms with E-state index in [-0.39, 0.29) is 0 Å². The maximum absolute atomic E-state index is 5.03. The van der Waals surface area contributed by atoms with E-state index >= 15 is 0 Å². The van der Waals surface area contributed by atoms with E-state index in [4.69, 9.17) is 4.42 Å². The fourth-order valence-electron chi connectivity index (χ4n) is 1.67. The van der Waals surface area contributed by atoms with E-state index in [1.165, 1.54) is 32.1 Å². The molecule has 59 valence electrons. The molecule has 1 aromatic rings. The quantitative estimate of drug-likeness (QED) is 0.615. The molecule has 0 spiro atoms. The van der Waals surface area contributed by atoms with Gasteiger partial charge in [-0.15, -0.1) is 10.2 Å². The van der Waals surface area contributed by atoms with Gasteiger partial charge in [0.05, 0.1) is 0 Å². The van der Waals surface area contributed by atoms with Crippen molar-refractivity contribution >= 4 is 0 Å². The highest BCUT2D eigenvalue weighted by atomic mass is 16.4. The van der Waals surface area contributed by atoms with Gasteiger partial charge in [-0.3, -0.25) is 0 Å². The van der Waals surface area contributed by atoms with Crippen molar-refractivity contribution in [2.45, 2.75) is 38.0 Å². The molecule has 11 heavy (non-hydrogen) atoms. The van der Waals surface area contributed by atoms with Crippen molar-refractivity contribution in [2.75, 3.05) is 0 Å². The highest BCUT2D eigenvalue weighted by Gasteiger charge is 2.19. The van der Waals surface area contributed by atoms with Gasteiger partial charge < -0.3 is 4.42 Å². The molecule has 3 nitrogen and oxygen atoms in total. The normalized spacial score (nSPS) is 20.4. The average Bonchev–Trinajstić information content (AvgIpc) is 2.58. The standard InChI is InChI=1S/C8H11N2O/c1-2-4-7(5-3-1)8-10-9-6-11-8/h7H,1-5H2. The Hall–Kier alpha value is -0.860. The lowest BCUT2D eigenvalue weighted by Gasteiger charge is -2.17. The van der Waals surface area contributed by atoms with Crippen LogP contribution in [0, 0.1) is 6.39 Å². The Kier molecular flexibility index (Phi) is 1.88. The van der Waals surface area contributed by atoms with Crippen LogP contribution in [0.15, 0.2) is 4.42 Å². The summed E-state index contributed by atoms with van der Waals surface area (Å²) in [7, 11) is 0. The summed E-state index contributed by atoms with van der Waals surface area (Å²) in [6, 6.07) is 0. The summed E-state index contributed by atoms with van der Waals surface area (Å²) in [6.45, 7) is 0. The number of rotatable bonds is 1. The van der Waals surface area contributed by atoms with Crippen LogP contribution >= 0.6 is 0 Å². The monoisotopic (exact) mass is 151 g/mol. The molecule has 1 radical (unpaired) electrons. The molecule has 0 amide bonds. The van der Waals surface area contributed by atoms with Crippen LogP contribution in [0.4, 0.5) is 0 Å². The number of nitrogens with zero attached hydrogens (tertiary/aromatic N) is 2. The first-order valence-electron chi connectivity index (χ1n) is 4.16. The molecule has 1 aromatic heterocycles. The van der Waals surface area contributed by atoms with Gasteiger partial charge in [0.15, 0.2) is 0 Å². The third kappa shape index (κ3) is 1.42. The molecule has 0 aromatic carbocycles. The van der Waals surface area contributed by atoms with Crippen molar-refractivity contribution in [1.29, 1.82) is 0 Å². The van der Waals surface area contributed by atoms with Gasteiger partial charge in [-0.05, 0) is 12.8 Å². The summed E-state index contributed by atoms with van der Waals surface area (Å²) < 4.78 is 5.03. The van der Waals surface area contributed by atoms with Crippen LogP contribution in [-0.2, 0) is 0 Å². The number of hydrogen-bond acceptors (Lipinski definition) is 3. The van der Waals surface area contributed by atoms with Crippen molar-refractivity contribution in [1.82, 2.24) is 10.2 Å². The fourth-order valence-corrected chi connectivity index (χ4v) is 1.67. The molecule has 1 aliphatic rings. The van der Waals surface area contributed by atoms with Crippen LogP contribution in [0.3, 0.4) is 0 Å². The van der Waals surface area contributed by atoms with Crippen molar-refractivity contribution < 1.29 is 4.42 Å². The first-order valence-corrected chi connectivity index (χ1v) is 4.16. The molecule has 3 heteroatoms. The lowest BCUT2D eigenvalue weighted by molar-refractivity contribution is 0.361. The first-order chi connectivity index (χ1) is 5.47. The van der Waals surface area contributed by atoms with Crippen LogP contribution in [0.2, 0.25) is 0 Å². The van der Waals surface area contributed by atoms with Crippen LogP contribution < -0.4 is 0 Å². The Bertz CT molecular complexity index is 202. The Morgan fingerprint density at radius 3 is 2.73 bits per heavy atom. The zero-order valence-corrected chi connectivity index (χ0v) is 6.42. The molecule has 0 N–H and O–H groups in total. The molecule has 0 atom stereocenters. The number of aromatic nitrogens is 2. The highest BCUT2D eigenvalue weighted by molar-refractivity contribution is 4.89. The lowest BCUT2D eigenvalue weighted by Crippen LogP contribution is -2.04. The van der Waals surface area contributed by atoms with E-state index in [0.717, 1.165) is 5.89 Å². The largest absolute Gasteiger partial charge is 0.417 e. The zero-order chi connectivity index (χ0) is 7.52. The Balaban J connectivity index is 2.04. The minimum Gasteiger partial charge on any atom is -0.417 e. The maximum Gasteiger partial charge on any atom is 0.305 e. The van der Waals surface area contributed by atoms with Gasteiger partial charge in [0.2, 0.25) is 5.89 Å². The molecule has 0 bridgehead atoms. The van der Waals surface area contributed by atoms with Crippen molar-refractivity contribution in [3.8, 4) is 0 Å². The molecule has 1 fully saturated rings. The van der Waals surface area contributed by atoms with Crippen LogP contribution in [0.25, 0.3) is 0 Å². The summed E-state index contributed by atoms with van der Waals surface area (Å²) >= 11 is 0. The fraction of sp³-hybridized carbons (Fsp3) is 0.750. The van der Waals surface area contributed by atoms with Crippen molar-refractivity contribution in [3.05, 3.63) is 12.3 Å². The van der Waals surface area contributed by atoms with Gasteiger partial charge >= 0.3 is 6.39 Å². The second-order valence-electron chi connectivity index (χ2n) is 3.07. The Labute approximate surface area is 65.8 Å². The van der Waals surface area contributed by atoms with Gasteiger partial charge in [-0.1, -0.05) is 19.3 Å². The Morgan fingerprint density at radius 1 is 1.27 bits per heavy atom. The van der Waals surface area contributed by atoms with Crippen molar-refractivity contribution in [2.24, 2.45) is 0 Å². The molecular weight excluding hydrogens is 140 g/mol. The minimum atomic E-state index is 0.516. The maximum atomic E-state index is 5.03. The second-order valence-corrected chi connectivity index (χ2v) is 3.07. The third-order valence-corrected chi connectivity index (χ3v) is 2.29. The van der Waals surface area contributed by atoms with E-state index in [2.05, 4.69) is 16.6 Å². The molecule has 2 rings (SSSR count). The second kappa shape index (κ2) is 3.03. The molecule has 0 aliphatic heterocycles. The first kappa shape index (κ1) is 6.83. The molecule has 1 aliphatic carbocycles. The van der Waals surface area contributed by atoms with E-state index in [1.807, 2.05) is 0 Å². The summed E-state index contributed by atoms with van der Waals surface area (Å²) in [5.41, 5.74) is 0. The highest BCUT2D eigenvalue weighted by Crippen LogP contribution is 2.30. The van der Waals surface area contributed by atoms with Gasteiger partial charge in [-0.25, -0.2) is 0 Å². The molecule has 0 saturated heterocycles. The Morgan fingerprint density at radius 2 is 2.09 bits per heavy atom. The molecular formula is C8H11N2O. The smallest absolute Gasteiger partial charge is 0.305 e. The van der Waals surface area contributed by atoms with E-state index in [0.29, 0.717) is 5.92 Å². The minimum absolute atomic E-state index is 0.516. The van der Waals surface area contributed by atoms with Crippen LogP contribution in [-0.4, -0.2) is 10.2 Å². The van der Waals surface area contributed by atoms with Gasteiger partial charge in [0.1, 0.15) is 0 Å². The predicted octanol–water partition coefficient (Wildman–Crippen LogP) is 1.92. The average molecular weight is 151 g/mol. The SMILES string of the molecule is [c]1nnc(C2CCCCC2)o1. The van der Waals surface area contributed by atoms with Crippen LogP contribution in [0.1, 0.15) is 43.9 Å². The van der Waals surface area contributed by atoms with E-state index in [9.17, 15) is 0 Å². The molecule has 1 heterocycles.